The fourth-order valence-corrected chi connectivity index (χ4v) is 1.21. The number of amides is 1. The molecular weight excluding hydrogens is 278 g/mol. The zero-order valence-electron chi connectivity index (χ0n) is 8.91. The van der Waals surface area contributed by atoms with Crippen LogP contribution in [0.15, 0.2) is 21.2 Å². The number of furan rings is 1. The van der Waals surface area contributed by atoms with Crippen molar-refractivity contribution in [1.29, 1.82) is 0 Å². The van der Waals surface area contributed by atoms with Crippen molar-refractivity contribution in [2.24, 2.45) is 5.41 Å². The maximum atomic E-state index is 11.5. The molecule has 0 saturated carbocycles. The first-order chi connectivity index (χ1) is 7.33. The van der Waals surface area contributed by atoms with Gasteiger partial charge in [-0.15, -0.1) is 0 Å². The molecule has 0 bridgehead atoms. The van der Waals surface area contributed by atoms with E-state index in [0.717, 1.165) is 0 Å². The van der Waals surface area contributed by atoms with E-state index >= 15 is 0 Å². The maximum absolute atomic E-state index is 11.5. The Morgan fingerprint density at radius 3 is 2.56 bits per heavy atom. The first kappa shape index (κ1) is 12.8. The Balaban J connectivity index is 2.57. The number of nitrogens with one attached hydrogen (secondary N) is 1. The number of rotatable bonds is 4. The van der Waals surface area contributed by atoms with Crippen molar-refractivity contribution in [3.8, 4) is 0 Å². The molecule has 1 amide bonds. The number of hydrogen-bond donors (Lipinski definition) is 2. The molecule has 0 saturated heterocycles. The third kappa shape index (κ3) is 3.10. The van der Waals surface area contributed by atoms with Crippen LogP contribution in [0, 0.1) is 5.41 Å². The van der Waals surface area contributed by atoms with Gasteiger partial charge in [0.1, 0.15) is 0 Å². The van der Waals surface area contributed by atoms with Gasteiger partial charge in [0.2, 0.25) is 0 Å². The lowest BCUT2D eigenvalue weighted by Crippen LogP contribution is -2.38. The summed E-state index contributed by atoms with van der Waals surface area (Å²) in [4.78, 5) is 22.3. The lowest BCUT2D eigenvalue weighted by molar-refractivity contribution is -0.146. The summed E-state index contributed by atoms with van der Waals surface area (Å²) in [5, 5.41) is 11.3. The molecule has 6 heteroatoms. The van der Waals surface area contributed by atoms with E-state index in [1.165, 1.54) is 19.9 Å². The Hall–Kier alpha value is -1.30. The van der Waals surface area contributed by atoms with Gasteiger partial charge < -0.3 is 14.8 Å². The summed E-state index contributed by atoms with van der Waals surface area (Å²) in [6.07, 6.45) is 0. The van der Waals surface area contributed by atoms with Gasteiger partial charge in [0.15, 0.2) is 10.4 Å². The molecule has 88 valence electrons. The summed E-state index contributed by atoms with van der Waals surface area (Å²) >= 11 is 3.07. The van der Waals surface area contributed by atoms with Gasteiger partial charge in [-0.2, -0.15) is 0 Å². The minimum Gasteiger partial charge on any atom is -0.481 e. The smallest absolute Gasteiger partial charge is 0.310 e. The molecule has 0 fully saturated rings. The maximum Gasteiger partial charge on any atom is 0.310 e. The monoisotopic (exact) mass is 289 g/mol. The quantitative estimate of drug-likeness (QED) is 0.887. The Morgan fingerprint density at radius 1 is 1.50 bits per heavy atom. The fourth-order valence-electron chi connectivity index (χ4n) is 0.900. The van der Waals surface area contributed by atoms with Gasteiger partial charge in [0.05, 0.1) is 5.41 Å². The van der Waals surface area contributed by atoms with E-state index in [0.29, 0.717) is 4.67 Å². The summed E-state index contributed by atoms with van der Waals surface area (Å²) < 4.78 is 5.48. The van der Waals surface area contributed by atoms with E-state index in [4.69, 9.17) is 9.52 Å². The predicted octanol–water partition coefficient (Wildman–Crippen LogP) is 1.88. The van der Waals surface area contributed by atoms with Crippen molar-refractivity contribution in [3.05, 3.63) is 22.6 Å². The second-order valence-corrected chi connectivity index (χ2v) is 4.76. The number of carbonyl (C=O) groups excluding carboxylic acids is 1. The highest BCUT2D eigenvalue weighted by Crippen LogP contribution is 2.16. The van der Waals surface area contributed by atoms with Crippen LogP contribution in [0.5, 0.6) is 0 Å². The third-order valence-electron chi connectivity index (χ3n) is 2.07. The topological polar surface area (TPSA) is 79.5 Å². The standard InChI is InChI=1S/C10H12BrNO4/c1-10(2,9(14)15)5-12-8(13)6-3-4-7(11)16-6/h3-4H,5H2,1-2H3,(H,12,13)(H,14,15). The molecule has 0 spiro atoms. The largest absolute Gasteiger partial charge is 0.481 e. The first-order valence-corrected chi connectivity index (χ1v) is 5.39. The molecule has 0 aromatic carbocycles. The average Bonchev–Trinajstić information content (AvgIpc) is 2.61. The van der Waals surface area contributed by atoms with Crippen molar-refractivity contribution in [1.82, 2.24) is 5.32 Å². The summed E-state index contributed by atoms with van der Waals surface area (Å²) in [7, 11) is 0. The van der Waals surface area contributed by atoms with Gasteiger partial charge in [-0.3, -0.25) is 9.59 Å². The van der Waals surface area contributed by atoms with Crippen LogP contribution in [0.4, 0.5) is 0 Å². The summed E-state index contributed by atoms with van der Waals surface area (Å²) in [6, 6.07) is 3.10. The first-order valence-electron chi connectivity index (χ1n) is 4.60. The van der Waals surface area contributed by atoms with Crippen molar-refractivity contribution < 1.29 is 19.1 Å². The molecule has 5 nitrogen and oxygen atoms in total. The molecular formula is C10H12BrNO4. The fraction of sp³-hybridized carbons (Fsp3) is 0.400. The third-order valence-corrected chi connectivity index (χ3v) is 2.49. The molecule has 0 radical (unpaired) electrons. The Morgan fingerprint density at radius 2 is 2.12 bits per heavy atom. The van der Waals surface area contributed by atoms with Crippen LogP contribution in [-0.4, -0.2) is 23.5 Å². The molecule has 0 aliphatic rings. The number of carbonyl (C=O) groups is 2. The van der Waals surface area contributed by atoms with Crippen molar-refractivity contribution in [2.45, 2.75) is 13.8 Å². The van der Waals surface area contributed by atoms with Gasteiger partial charge in [-0.25, -0.2) is 0 Å². The van der Waals surface area contributed by atoms with Crippen LogP contribution in [0.1, 0.15) is 24.4 Å². The highest BCUT2D eigenvalue weighted by atomic mass is 79.9. The predicted molar refractivity (Wildman–Crippen MR) is 60.2 cm³/mol. The van der Waals surface area contributed by atoms with E-state index in [9.17, 15) is 9.59 Å². The van der Waals surface area contributed by atoms with Crippen LogP contribution in [0.2, 0.25) is 0 Å². The Bertz CT molecular complexity index is 411. The van der Waals surface area contributed by atoms with Gasteiger partial charge in [-0.05, 0) is 41.9 Å². The second kappa shape index (κ2) is 4.69. The number of aliphatic carboxylic acids is 1. The van der Waals surface area contributed by atoms with Crippen molar-refractivity contribution in [3.63, 3.8) is 0 Å². The lowest BCUT2D eigenvalue weighted by atomic mass is 9.94. The molecule has 0 unspecified atom stereocenters. The van der Waals surface area contributed by atoms with E-state index in [2.05, 4.69) is 21.2 Å². The zero-order valence-corrected chi connectivity index (χ0v) is 10.5. The molecule has 0 atom stereocenters. The number of carboxylic acid groups (broad SMARTS) is 1. The van der Waals surface area contributed by atoms with E-state index < -0.39 is 17.3 Å². The van der Waals surface area contributed by atoms with Crippen LogP contribution >= 0.6 is 15.9 Å². The van der Waals surface area contributed by atoms with Crippen LogP contribution in [-0.2, 0) is 4.79 Å². The normalized spacial score (nSPS) is 11.2. The number of carboxylic acids is 1. The Kier molecular flexibility index (Phi) is 3.74. The van der Waals surface area contributed by atoms with Gasteiger partial charge in [0.25, 0.3) is 5.91 Å². The minimum absolute atomic E-state index is 0.0412. The van der Waals surface area contributed by atoms with Crippen molar-refractivity contribution in [2.75, 3.05) is 6.54 Å². The van der Waals surface area contributed by atoms with Gasteiger partial charge in [0, 0.05) is 6.54 Å². The highest BCUT2D eigenvalue weighted by Gasteiger charge is 2.28. The van der Waals surface area contributed by atoms with Crippen molar-refractivity contribution >= 4 is 27.8 Å². The molecule has 1 rings (SSSR count). The van der Waals surface area contributed by atoms with Crippen LogP contribution in [0.3, 0.4) is 0 Å². The molecule has 16 heavy (non-hydrogen) atoms. The van der Waals surface area contributed by atoms with E-state index in [-0.39, 0.29) is 12.3 Å². The van der Waals surface area contributed by atoms with Crippen LogP contribution < -0.4 is 5.32 Å². The molecule has 0 aliphatic carbocycles. The lowest BCUT2D eigenvalue weighted by Gasteiger charge is -2.18. The van der Waals surface area contributed by atoms with Gasteiger partial charge >= 0.3 is 5.97 Å². The highest BCUT2D eigenvalue weighted by molar-refractivity contribution is 9.10. The molecule has 2 N–H and O–H groups in total. The molecule has 1 heterocycles. The van der Waals surface area contributed by atoms with Gasteiger partial charge in [-0.1, -0.05) is 0 Å². The van der Waals surface area contributed by atoms with E-state index in [1.54, 1.807) is 6.07 Å². The summed E-state index contributed by atoms with van der Waals surface area (Å²) in [6.45, 7) is 3.11. The number of halogens is 1. The molecule has 1 aromatic rings. The van der Waals surface area contributed by atoms with E-state index in [1.807, 2.05) is 0 Å². The summed E-state index contributed by atoms with van der Waals surface area (Å²) in [5.74, 6) is -1.25. The molecule has 1 aromatic heterocycles. The van der Waals surface area contributed by atoms with Crippen LogP contribution in [0.25, 0.3) is 0 Å². The zero-order chi connectivity index (χ0) is 12.3. The SMILES string of the molecule is CC(C)(CNC(=O)c1ccc(Br)o1)C(=O)O. The minimum atomic E-state index is -1.00. The average molecular weight is 290 g/mol. The Labute approximate surface area is 101 Å². The summed E-state index contributed by atoms with van der Waals surface area (Å²) in [5.41, 5.74) is -1.00. The second-order valence-electron chi connectivity index (χ2n) is 3.98. The molecule has 0 aliphatic heterocycles. The number of hydrogen-bond acceptors (Lipinski definition) is 3.